The number of nitrogens with one attached hydrogen (secondary N) is 1. The Morgan fingerprint density at radius 1 is 1.47 bits per heavy atom. The normalized spacial score (nSPS) is 19.7. The maximum Gasteiger partial charge on any atom is 0.279 e. The third-order valence-electron chi connectivity index (χ3n) is 2.87. The largest absolute Gasteiger partial charge is 0.393 e. The smallest absolute Gasteiger partial charge is 0.279 e. The zero-order valence-corrected chi connectivity index (χ0v) is 12.0. The molecule has 0 aromatic carbocycles. The molecule has 0 saturated carbocycles. The topological polar surface area (TPSA) is 75.4 Å². The van der Waals surface area contributed by atoms with Crippen LogP contribution in [0, 0.1) is 11.8 Å². The van der Waals surface area contributed by atoms with Gasteiger partial charge in [-0.15, -0.1) is 0 Å². The molecule has 0 aromatic rings. The molecule has 1 aliphatic rings. The molecule has 0 aromatic heterocycles. The van der Waals surface area contributed by atoms with Crippen molar-refractivity contribution in [1.82, 2.24) is 9.03 Å². The quantitative estimate of drug-likeness (QED) is 0.718. The number of hydrogen-bond donors (Lipinski definition) is 2. The molecule has 0 unspecified atom stereocenters. The van der Waals surface area contributed by atoms with Crippen molar-refractivity contribution in [3.05, 3.63) is 0 Å². The second-order valence-corrected chi connectivity index (χ2v) is 7.05. The summed E-state index contributed by atoms with van der Waals surface area (Å²) in [5.74, 6) is 0.487. The highest BCUT2D eigenvalue weighted by Gasteiger charge is 2.28. The minimum Gasteiger partial charge on any atom is -0.393 e. The lowest BCUT2D eigenvalue weighted by Gasteiger charge is -2.30. The highest BCUT2D eigenvalue weighted by molar-refractivity contribution is 7.87. The molecule has 0 amide bonds. The molecular formula is C10H21N3O2S2. The van der Waals surface area contributed by atoms with E-state index in [1.54, 1.807) is 0 Å². The second kappa shape index (κ2) is 6.08. The van der Waals surface area contributed by atoms with Crippen LogP contribution in [0.25, 0.3) is 0 Å². The van der Waals surface area contributed by atoms with Gasteiger partial charge in [-0.05, 0) is 18.8 Å². The van der Waals surface area contributed by atoms with Gasteiger partial charge in [0.15, 0.2) is 0 Å². The summed E-state index contributed by atoms with van der Waals surface area (Å²) in [6, 6.07) is 0. The zero-order chi connectivity index (χ0) is 13.1. The highest BCUT2D eigenvalue weighted by Crippen LogP contribution is 2.19. The van der Waals surface area contributed by atoms with E-state index >= 15 is 0 Å². The molecule has 0 radical (unpaired) electrons. The van der Waals surface area contributed by atoms with Crippen LogP contribution in [0.1, 0.15) is 26.7 Å². The van der Waals surface area contributed by atoms with Crippen molar-refractivity contribution in [2.24, 2.45) is 17.6 Å². The monoisotopic (exact) mass is 279 g/mol. The molecule has 0 atom stereocenters. The fourth-order valence-corrected chi connectivity index (χ4v) is 3.40. The fraction of sp³-hybridized carbons (Fsp3) is 0.900. The maximum atomic E-state index is 11.9. The van der Waals surface area contributed by atoms with Crippen molar-refractivity contribution in [1.29, 1.82) is 0 Å². The van der Waals surface area contributed by atoms with E-state index in [2.05, 4.69) is 4.72 Å². The molecule has 7 heteroatoms. The first-order valence-corrected chi connectivity index (χ1v) is 7.72. The average Bonchev–Trinajstić information content (AvgIpc) is 2.27. The maximum absolute atomic E-state index is 11.9. The molecule has 0 spiro atoms. The van der Waals surface area contributed by atoms with Crippen LogP contribution in [0.2, 0.25) is 0 Å². The molecule has 17 heavy (non-hydrogen) atoms. The number of nitrogens with zero attached hydrogens (tertiary/aromatic N) is 1. The van der Waals surface area contributed by atoms with Crippen LogP contribution in [0.5, 0.6) is 0 Å². The molecule has 0 aliphatic carbocycles. The third-order valence-corrected chi connectivity index (χ3v) is 4.78. The van der Waals surface area contributed by atoms with Crippen molar-refractivity contribution in [2.45, 2.75) is 26.7 Å². The standard InChI is InChI=1S/C10H21N3O2S2/c1-8(2)7-12-17(14,15)13-5-3-9(4-6-13)10(11)16/h8-9,12H,3-7H2,1-2H3,(H2,11,16). The lowest BCUT2D eigenvalue weighted by atomic mass is 9.98. The summed E-state index contributed by atoms with van der Waals surface area (Å²) in [5, 5.41) is 0. The summed E-state index contributed by atoms with van der Waals surface area (Å²) < 4.78 is 27.9. The van der Waals surface area contributed by atoms with Crippen LogP contribution >= 0.6 is 12.2 Å². The average molecular weight is 279 g/mol. The van der Waals surface area contributed by atoms with Crippen molar-refractivity contribution in [3.8, 4) is 0 Å². The molecule has 1 aliphatic heterocycles. The first-order valence-electron chi connectivity index (χ1n) is 5.87. The van der Waals surface area contributed by atoms with Gasteiger partial charge in [0.25, 0.3) is 10.2 Å². The van der Waals surface area contributed by atoms with E-state index in [1.165, 1.54) is 4.31 Å². The number of rotatable bonds is 5. The van der Waals surface area contributed by atoms with Crippen LogP contribution in [-0.4, -0.2) is 37.3 Å². The van der Waals surface area contributed by atoms with Crippen molar-refractivity contribution < 1.29 is 8.42 Å². The van der Waals surface area contributed by atoms with E-state index in [-0.39, 0.29) is 5.92 Å². The molecule has 100 valence electrons. The fourth-order valence-electron chi connectivity index (χ4n) is 1.74. The molecule has 1 fully saturated rings. The Balaban J connectivity index is 2.50. The van der Waals surface area contributed by atoms with Crippen LogP contribution in [-0.2, 0) is 10.2 Å². The van der Waals surface area contributed by atoms with E-state index in [0.29, 0.717) is 30.5 Å². The van der Waals surface area contributed by atoms with Crippen LogP contribution in [0.3, 0.4) is 0 Å². The molecule has 0 bridgehead atoms. The summed E-state index contributed by atoms with van der Waals surface area (Å²) >= 11 is 4.93. The minimum atomic E-state index is -3.33. The Morgan fingerprint density at radius 2 is 2.00 bits per heavy atom. The minimum absolute atomic E-state index is 0.182. The first kappa shape index (κ1) is 14.8. The van der Waals surface area contributed by atoms with E-state index in [9.17, 15) is 8.42 Å². The summed E-state index contributed by atoms with van der Waals surface area (Å²) in [4.78, 5) is 0.497. The number of piperidine rings is 1. The number of nitrogens with two attached hydrogens (primary N) is 1. The first-order chi connectivity index (χ1) is 7.83. The summed E-state index contributed by atoms with van der Waals surface area (Å²) in [5.41, 5.74) is 5.57. The Kier molecular flexibility index (Phi) is 5.30. The molecule has 1 saturated heterocycles. The molecule has 1 heterocycles. The zero-order valence-electron chi connectivity index (χ0n) is 10.3. The predicted molar refractivity (Wildman–Crippen MR) is 72.8 cm³/mol. The van der Waals surface area contributed by atoms with Gasteiger partial charge in [-0.2, -0.15) is 12.7 Å². The van der Waals surface area contributed by atoms with Crippen LogP contribution in [0.4, 0.5) is 0 Å². The van der Waals surface area contributed by atoms with Gasteiger partial charge >= 0.3 is 0 Å². The highest BCUT2D eigenvalue weighted by atomic mass is 32.2. The summed E-state index contributed by atoms with van der Waals surface area (Å²) in [6.07, 6.45) is 1.44. The second-order valence-electron chi connectivity index (χ2n) is 4.82. The van der Waals surface area contributed by atoms with Gasteiger partial charge in [-0.25, -0.2) is 4.72 Å². The Morgan fingerprint density at radius 3 is 2.41 bits per heavy atom. The van der Waals surface area contributed by atoms with Crippen molar-refractivity contribution >= 4 is 27.4 Å². The third kappa shape index (κ3) is 4.50. The summed E-state index contributed by atoms with van der Waals surface area (Å²) in [6.45, 7) is 5.41. The number of thiocarbonyl (C=S) groups is 1. The van der Waals surface area contributed by atoms with Gasteiger partial charge in [0, 0.05) is 25.6 Å². The van der Waals surface area contributed by atoms with Crippen LogP contribution < -0.4 is 10.5 Å². The number of hydrogen-bond acceptors (Lipinski definition) is 3. The van der Waals surface area contributed by atoms with Gasteiger partial charge in [0.1, 0.15) is 0 Å². The van der Waals surface area contributed by atoms with E-state index in [0.717, 1.165) is 12.8 Å². The predicted octanol–water partition coefficient (Wildman–Crippen LogP) is 0.475. The van der Waals surface area contributed by atoms with Gasteiger partial charge in [-0.3, -0.25) is 0 Å². The van der Waals surface area contributed by atoms with Gasteiger partial charge in [-0.1, -0.05) is 26.1 Å². The Hall–Kier alpha value is -0.240. The SMILES string of the molecule is CC(C)CNS(=O)(=O)N1CCC(C(N)=S)CC1. The molecule has 5 nitrogen and oxygen atoms in total. The molecule has 1 rings (SSSR count). The molecule has 3 N–H and O–H groups in total. The Bertz CT molecular complexity index is 360. The Labute approximate surface area is 109 Å². The lowest BCUT2D eigenvalue weighted by Crippen LogP contribution is -2.47. The van der Waals surface area contributed by atoms with Crippen LogP contribution in [0.15, 0.2) is 0 Å². The van der Waals surface area contributed by atoms with Gasteiger partial charge < -0.3 is 5.73 Å². The van der Waals surface area contributed by atoms with E-state index in [4.69, 9.17) is 18.0 Å². The van der Waals surface area contributed by atoms with E-state index in [1.807, 2.05) is 13.8 Å². The molecular weight excluding hydrogens is 258 g/mol. The van der Waals surface area contributed by atoms with Crippen molar-refractivity contribution in [2.75, 3.05) is 19.6 Å². The summed E-state index contributed by atoms with van der Waals surface area (Å²) in [7, 11) is -3.33. The lowest BCUT2D eigenvalue weighted by molar-refractivity contribution is 0.312. The van der Waals surface area contributed by atoms with Gasteiger partial charge in [0.2, 0.25) is 0 Å². The van der Waals surface area contributed by atoms with Gasteiger partial charge in [0.05, 0.1) is 4.99 Å². The van der Waals surface area contributed by atoms with Crippen molar-refractivity contribution in [3.63, 3.8) is 0 Å². The van der Waals surface area contributed by atoms with E-state index < -0.39 is 10.2 Å².